The number of hydrogen-bond donors (Lipinski definition) is 1. The Bertz CT molecular complexity index is 309. The zero-order valence-electron chi connectivity index (χ0n) is 11.9. The molecule has 0 amide bonds. The van der Waals surface area contributed by atoms with Gasteiger partial charge in [-0.15, -0.1) is 0 Å². The minimum atomic E-state index is -0.744. The third kappa shape index (κ3) is 6.30. The molecular weight excluding hydrogens is 212 g/mol. The van der Waals surface area contributed by atoms with Crippen LogP contribution in [0.5, 0.6) is 0 Å². The van der Waals surface area contributed by atoms with E-state index < -0.39 is 11.4 Å². The average molecular weight is 238 g/mol. The third-order valence-electron chi connectivity index (χ3n) is 3.02. The molecule has 0 heterocycles. The van der Waals surface area contributed by atoms with Gasteiger partial charge < -0.3 is 5.11 Å². The van der Waals surface area contributed by atoms with E-state index in [2.05, 4.69) is 39.8 Å². The van der Waals surface area contributed by atoms with E-state index in [0.29, 0.717) is 18.3 Å². The van der Waals surface area contributed by atoms with E-state index in [-0.39, 0.29) is 0 Å². The molecule has 0 spiro atoms. The van der Waals surface area contributed by atoms with Crippen molar-refractivity contribution < 1.29 is 9.90 Å². The summed E-state index contributed by atoms with van der Waals surface area (Å²) < 4.78 is 0. The van der Waals surface area contributed by atoms with Crippen LogP contribution in [0, 0.1) is 17.3 Å². The van der Waals surface area contributed by atoms with Crippen LogP contribution in [0.25, 0.3) is 0 Å². The predicted octanol–water partition coefficient (Wildman–Crippen LogP) is 4.28. The van der Waals surface area contributed by atoms with Crippen LogP contribution < -0.4 is 0 Å². The number of aliphatic carboxylic acids is 1. The summed E-state index contributed by atoms with van der Waals surface area (Å²) in [7, 11) is 0. The van der Waals surface area contributed by atoms with Crippen LogP contribution in [0.4, 0.5) is 0 Å². The van der Waals surface area contributed by atoms with E-state index in [0.717, 1.165) is 0 Å². The van der Waals surface area contributed by atoms with Gasteiger partial charge >= 0.3 is 5.97 Å². The van der Waals surface area contributed by atoms with Crippen LogP contribution in [0.2, 0.25) is 0 Å². The minimum absolute atomic E-state index is 0.377. The van der Waals surface area contributed by atoms with Gasteiger partial charge in [-0.3, -0.25) is 4.79 Å². The number of hydrogen-bond acceptors (Lipinski definition) is 1. The van der Waals surface area contributed by atoms with E-state index in [1.54, 1.807) is 13.8 Å². The zero-order valence-corrected chi connectivity index (χ0v) is 11.9. The minimum Gasteiger partial charge on any atom is -0.481 e. The Morgan fingerprint density at radius 2 is 1.76 bits per heavy atom. The lowest BCUT2D eigenvalue weighted by atomic mass is 9.87. The van der Waals surface area contributed by atoms with Gasteiger partial charge in [0.1, 0.15) is 0 Å². The fraction of sp³-hybridized carbons (Fsp3) is 0.667. The second kappa shape index (κ2) is 6.63. The van der Waals surface area contributed by atoms with Crippen molar-refractivity contribution in [3.05, 3.63) is 23.8 Å². The van der Waals surface area contributed by atoms with E-state index in [1.807, 2.05) is 6.08 Å². The predicted molar refractivity (Wildman–Crippen MR) is 72.9 cm³/mol. The van der Waals surface area contributed by atoms with Crippen LogP contribution in [-0.2, 0) is 4.79 Å². The van der Waals surface area contributed by atoms with E-state index in [9.17, 15) is 4.79 Å². The maximum Gasteiger partial charge on any atom is 0.309 e. The fourth-order valence-electron chi connectivity index (χ4n) is 1.23. The van der Waals surface area contributed by atoms with Crippen molar-refractivity contribution >= 4 is 5.97 Å². The maximum atomic E-state index is 11.0. The quantitative estimate of drug-likeness (QED) is 0.701. The standard InChI is InChI=1S/C15H26O2/c1-11(2)7-8-12(3)13(4)9-10-15(5,6)14(16)17/h7-9,11-12H,10H2,1-6H3,(H,16,17)/b8-7+,13-9-. The smallest absolute Gasteiger partial charge is 0.309 e. The van der Waals surface area contributed by atoms with E-state index in [4.69, 9.17) is 5.11 Å². The molecular formula is C15H26O2. The molecule has 0 rings (SSSR count). The van der Waals surface area contributed by atoms with Gasteiger partial charge in [0.25, 0.3) is 0 Å². The van der Waals surface area contributed by atoms with Crippen LogP contribution in [0.3, 0.4) is 0 Å². The van der Waals surface area contributed by atoms with Crippen molar-refractivity contribution in [1.29, 1.82) is 0 Å². The number of allylic oxidation sites excluding steroid dienone is 4. The van der Waals surface area contributed by atoms with Gasteiger partial charge in [0.15, 0.2) is 0 Å². The van der Waals surface area contributed by atoms with Gasteiger partial charge in [-0.25, -0.2) is 0 Å². The van der Waals surface area contributed by atoms with Crippen LogP contribution >= 0.6 is 0 Å². The Labute approximate surface area is 105 Å². The first kappa shape index (κ1) is 16.0. The molecule has 0 aromatic carbocycles. The van der Waals surface area contributed by atoms with Gasteiger partial charge in [-0.05, 0) is 39.0 Å². The number of carbonyl (C=O) groups is 1. The van der Waals surface area contributed by atoms with Crippen molar-refractivity contribution in [2.75, 3.05) is 0 Å². The average Bonchev–Trinajstić information content (AvgIpc) is 2.22. The summed E-state index contributed by atoms with van der Waals surface area (Å²) in [5, 5.41) is 9.03. The summed E-state index contributed by atoms with van der Waals surface area (Å²) in [5.41, 5.74) is 0.555. The molecule has 0 aliphatic rings. The molecule has 17 heavy (non-hydrogen) atoms. The second-order valence-corrected chi connectivity index (χ2v) is 5.76. The first-order valence-electron chi connectivity index (χ1n) is 6.25. The van der Waals surface area contributed by atoms with Crippen molar-refractivity contribution in [1.82, 2.24) is 0 Å². The van der Waals surface area contributed by atoms with Gasteiger partial charge in [0.2, 0.25) is 0 Å². The van der Waals surface area contributed by atoms with Gasteiger partial charge in [-0.2, -0.15) is 0 Å². The Morgan fingerprint density at radius 1 is 1.24 bits per heavy atom. The molecule has 0 aromatic rings. The number of carboxylic acids is 1. The Balaban J connectivity index is 4.50. The molecule has 0 bridgehead atoms. The maximum absolute atomic E-state index is 11.0. The van der Waals surface area contributed by atoms with Crippen LogP contribution in [-0.4, -0.2) is 11.1 Å². The second-order valence-electron chi connectivity index (χ2n) is 5.76. The molecule has 98 valence electrons. The molecule has 0 radical (unpaired) electrons. The number of carboxylic acid groups (broad SMARTS) is 1. The highest BCUT2D eigenvalue weighted by Crippen LogP contribution is 2.23. The summed E-state index contributed by atoms with van der Waals surface area (Å²) in [4.78, 5) is 11.0. The molecule has 0 saturated carbocycles. The largest absolute Gasteiger partial charge is 0.481 e. The number of rotatable bonds is 6. The molecule has 0 aliphatic heterocycles. The van der Waals surface area contributed by atoms with E-state index >= 15 is 0 Å². The summed E-state index contributed by atoms with van der Waals surface area (Å²) >= 11 is 0. The molecule has 2 heteroatoms. The molecule has 0 aromatic heterocycles. The Kier molecular flexibility index (Phi) is 6.22. The molecule has 1 unspecified atom stereocenters. The monoisotopic (exact) mass is 238 g/mol. The topological polar surface area (TPSA) is 37.3 Å². The normalized spacial score (nSPS) is 15.6. The van der Waals surface area contributed by atoms with Crippen LogP contribution in [0.1, 0.15) is 48.0 Å². The highest BCUT2D eigenvalue weighted by Gasteiger charge is 2.25. The first-order chi connectivity index (χ1) is 7.66. The summed E-state index contributed by atoms with van der Waals surface area (Å²) in [6.07, 6.45) is 6.99. The first-order valence-corrected chi connectivity index (χ1v) is 6.25. The zero-order chi connectivity index (χ0) is 13.6. The third-order valence-corrected chi connectivity index (χ3v) is 3.02. The van der Waals surface area contributed by atoms with Gasteiger partial charge in [-0.1, -0.05) is 44.6 Å². The molecule has 0 saturated heterocycles. The Hall–Kier alpha value is -1.05. The lowest BCUT2D eigenvalue weighted by Gasteiger charge is -2.17. The Morgan fingerprint density at radius 3 is 2.18 bits per heavy atom. The summed E-state index contributed by atoms with van der Waals surface area (Å²) in [5.74, 6) is 0.189. The molecule has 1 atom stereocenters. The van der Waals surface area contributed by atoms with Crippen LogP contribution in [0.15, 0.2) is 23.8 Å². The molecule has 2 nitrogen and oxygen atoms in total. The highest BCUT2D eigenvalue weighted by molar-refractivity contribution is 5.73. The molecule has 0 aliphatic carbocycles. The van der Waals surface area contributed by atoms with Gasteiger partial charge in [0.05, 0.1) is 5.41 Å². The SMILES string of the molecule is C/C(=C/CC(C)(C)C(=O)O)C(C)/C=C/C(C)C. The lowest BCUT2D eigenvalue weighted by molar-refractivity contribution is -0.146. The molecule has 1 N–H and O–H groups in total. The van der Waals surface area contributed by atoms with E-state index in [1.165, 1.54) is 5.57 Å². The highest BCUT2D eigenvalue weighted by atomic mass is 16.4. The van der Waals surface area contributed by atoms with Crippen molar-refractivity contribution in [3.63, 3.8) is 0 Å². The summed E-state index contributed by atoms with van der Waals surface area (Å²) in [6, 6.07) is 0. The van der Waals surface area contributed by atoms with Gasteiger partial charge in [0, 0.05) is 0 Å². The van der Waals surface area contributed by atoms with Crippen molar-refractivity contribution in [3.8, 4) is 0 Å². The van der Waals surface area contributed by atoms with Crippen molar-refractivity contribution in [2.24, 2.45) is 17.3 Å². The lowest BCUT2D eigenvalue weighted by Crippen LogP contribution is -2.22. The fourth-order valence-corrected chi connectivity index (χ4v) is 1.23. The molecule has 0 fully saturated rings. The van der Waals surface area contributed by atoms with Crippen molar-refractivity contribution in [2.45, 2.75) is 48.0 Å². The summed E-state index contributed by atoms with van der Waals surface area (Å²) in [6.45, 7) is 12.0.